The maximum absolute atomic E-state index is 12.4. The molecule has 1 heterocycles. The van der Waals surface area contributed by atoms with Crippen LogP contribution in [0.5, 0.6) is 0 Å². The van der Waals surface area contributed by atoms with Gasteiger partial charge >= 0.3 is 0 Å². The number of hydrogen-bond acceptors (Lipinski definition) is 5. The summed E-state index contributed by atoms with van der Waals surface area (Å²) in [4.78, 5) is 3.86. The first-order valence-electron chi connectivity index (χ1n) is 7.34. The Bertz CT molecular complexity index is 876. The molecule has 0 atom stereocenters. The first-order valence-corrected chi connectivity index (χ1v) is 10.3. The Morgan fingerprint density at radius 3 is 1.88 bits per heavy atom. The summed E-state index contributed by atoms with van der Waals surface area (Å²) in [6, 6.07) is 8.21. The molecule has 2 rings (SSSR count). The summed E-state index contributed by atoms with van der Waals surface area (Å²) < 4.78 is 53.2. The Morgan fingerprint density at radius 2 is 1.38 bits per heavy atom. The van der Waals surface area contributed by atoms with Crippen molar-refractivity contribution in [2.75, 3.05) is 17.8 Å². The van der Waals surface area contributed by atoms with Gasteiger partial charge in [-0.3, -0.25) is 9.71 Å². The summed E-state index contributed by atoms with van der Waals surface area (Å²) in [7, 11) is -7.41. The van der Waals surface area contributed by atoms with Gasteiger partial charge < -0.3 is 0 Å². The van der Waals surface area contributed by atoms with Gasteiger partial charge in [0.25, 0.3) is 10.0 Å². The van der Waals surface area contributed by atoms with Crippen LogP contribution in [0, 0.1) is 0 Å². The van der Waals surface area contributed by atoms with Crippen molar-refractivity contribution in [1.29, 1.82) is 0 Å². The van der Waals surface area contributed by atoms with E-state index in [2.05, 4.69) is 9.71 Å². The molecule has 130 valence electrons. The Kier molecular flexibility index (Phi) is 5.58. The highest BCUT2D eigenvalue weighted by Crippen LogP contribution is 2.20. The van der Waals surface area contributed by atoms with E-state index in [9.17, 15) is 16.8 Å². The molecule has 0 amide bonds. The van der Waals surface area contributed by atoms with Gasteiger partial charge in [0, 0.05) is 25.5 Å². The molecule has 1 aromatic heterocycles. The highest BCUT2D eigenvalue weighted by atomic mass is 32.2. The van der Waals surface area contributed by atoms with Crippen LogP contribution in [0.25, 0.3) is 0 Å². The molecule has 0 spiro atoms. The van der Waals surface area contributed by atoms with Gasteiger partial charge in [0.05, 0.1) is 15.5 Å². The summed E-state index contributed by atoms with van der Waals surface area (Å²) in [5.41, 5.74) is 0.379. The monoisotopic (exact) mass is 369 g/mol. The minimum absolute atomic E-state index is 0.0159. The molecule has 2 aromatic rings. The molecule has 0 aliphatic heterocycles. The van der Waals surface area contributed by atoms with E-state index in [0.29, 0.717) is 18.8 Å². The van der Waals surface area contributed by atoms with Crippen LogP contribution in [0.15, 0.2) is 58.6 Å². The van der Waals surface area contributed by atoms with Crippen molar-refractivity contribution in [2.45, 2.75) is 23.6 Å². The molecule has 0 aliphatic carbocycles. The third kappa shape index (κ3) is 3.92. The molecule has 0 bridgehead atoms. The highest BCUT2D eigenvalue weighted by Gasteiger charge is 2.22. The molecule has 0 fully saturated rings. The summed E-state index contributed by atoms with van der Waals surface area (Å²) in [5, 5.41) is 0. The van der Waals surface area contributed by atoms with Crippen molar-refractivity contribution in [3.8, 4) is 0 Å². The SMILES string of the molecule is CCN(CC)S(=O)(=O)c1ccc(S(=O)(=O)Nc2ccncc2)cc1. The number of nitrogens with zero attached hydrogens (tertiary/aromatic N) is 2. The topological polar surface area (TPSA) is 96.4 Å². The number of anilines is 1. The number of hydrogen-bond donors (Lipinski definition) is 1. The molecule has 0 unspecified atom stereocenters. The van der Waals surface area contributed by atoms with Crippen LogP contribution in [0.1, 0.15) is 13.8 Å². The van der Waals surface area contributed by atoms with Crippen LogP contribution in [0.2, 0.25) is 0 Å². The van der Waals surface area contributed by atoms with Crippen LogP contribution in [-0.2, 0) is 20.0 Å². The molecule has 9 heteroatoms. The Balaban J connectivity index is 2.29. The third-order valence-electron chi connectivity index (χ3n) is 3.41. The van der Waals surface area contributed by atoms with E-state index in [-0.39, 0.29) is 9.79 Å². The van der Waals surface area contributed by atoms with E-state index >= 15 is 0 Å². The molecule has 0 aliphatic rings. The van der Waals surface area contributed by atoms with Crippen molar-refractivity contribution < 1.29 is 16.8 Å². The van der Waals surface area contributed by atoms with Crippen LogP contribution >= 0.6 is 0 Å². The van der Waals surface area contributed by atoms with Crippen LogP contribution < -0.4 is 4.72 Å². The van der Waals surface area contributed by atoms with Gasteiger partial charge in [0.2, 0.25) is 10.0 Å². The summed E-state index contributed by atoms with van der Waals surface area (Å²) >= 11 is 0. The molecule has 0 saturated carbocycles. The standard InChI is InChI=1S/C15H19N3O4S2/c1-3-18(4-2)24(21,22)15-7-5-14(6-8-15)23(19,20)17-13-9-11-16-12-10-13/h5-12H,3-4H2,1-2H3,(H,16,17). The minimum Gasteiger partial charge on any atom is -0.280 e. The number of rotatable bonds is 7. The first kappa shape index (κ1) is 18.4. The number of pyridine rings is 1. The largest absolute Gasteiger partial charge is 0.280 e. The molecular formula is C15H19N3O4S2. The maximum Gasteiger partial charge on any atom is 0.261 e. The van der Waals surface area contributed by atoms with E-state index in [4.69, 9.17) is 0 Å². The third-order valence-corrected chi connectivity index (χ3v) is 6.87. The van der Waals surface area contributed by atoms with E-state index in [1.807, 2.05) is 0 Å². The zero-order chi connectivity index (χ0) is 17.8. The van der Waals surface area contributed by atoms with Crippen LogP contribution in [0.3, 0.4) is 0 Å². The van der Waals surface area contributed by atoms with Gasteiger partial charge in [-0.1, -0.05) is 13.8 Å². The van der Waals surface area contributed by atoms with Gasteiger partial charge in [0.1, 0.15) is 0 Å². The van der Waals surface area contributed by atoms with Crippen molar-refractivity contribution >= 4 is 25.7 Å². The quantitative estimate of drug-likeness (QED) is 0.804. The highest BCUT2D eigenvalue weighted by molar-refractivity contribution is 7.92. The molecule has 0 saturated heterocycles. The van der Waals surface area contributed by atoms with Gasteiger partial charge in [-0.25, -0.2) is 16.8 Å². The fourth-order valence-electron chi connectivity index (χ4n) is 2.14. The second kappa shape index (κ2) is 7.29. The van der Waals surface area contributed by atoms with Gasteiger partial charge in [-0.2, -0.15) is 4.31 Å². The van der Waals surface area contributed by atoms with Gasteiger partial charge in [0.15, 0.2) is 0 Å². The molecule has 0 radical (unpaired) electrons. The van der Waals surface area contributed by atoms with Crippen LogP contribution in [-0.4, -0.2) is 39.2 Å². The normalized spacial score (nSPS) is 12.3. The minimum atomic E-state index is -3.79. The Labute approximate surface area is 142 Å². The smallest absolute Gasteiger partial charge is 0.261 e. The summed E-state index contributed by atoms with van der Waals surface area (Å²) in [6.45, 7) is 4.20. The van der Waals surface area contributed by atoms with Crippen molar-refractivity contribution in [3.63, 3.8) is 0 Å². The van der Waals surface area contributed by atoms with E-state index in [1.165, 1.54) is 53.1 Å². The van der Waals surface area contributed by atoms with Crippen molar-refractivity contribution in [1.82, 2.24) is 9.29 Å². The second-order valence-electron chi connectivity index (χ2n) is 4.90. The second-order valence-corrected chi connectivity index (χ2v) is 8.52. The van der Waals surface area contributed by atoms with E-state index < -0.39 is 20.0 Å². The van der Waals surface area contributed by atoms with E-state index in [0.717, 1.165) is 0 Å². The molecular weight excluding hydrogens is 350 g/mol. The maximum atomic E-state index is 12.4. The molecule has 24 heavy (non-hydrogen) atoms. The fraction of sp³-hybridized carbons (Fsp3) is 0.267. The number of benzene rings is 1. The lowest BCUT2D eigenvalue weighted by molar-refractivity contribution is 0.445. The summed E-state index contributed by atoms with van der Waals surface area (Å²) in [6.07, 6.45) is 2.94. The van der Waals surface area contributed by atoms with Crippen molar-refractivity contribution in [3.05, 3.63) is 48.8 Å². The van der Waals surface area contributed by atoms with E-state index in [1.54, 1.807) is 13.8 Å². The van der Waals surface area contributed by atoms with Crippen molar-refractivity contribution in [2.24, 2.45) is 0 Å². The average Bonchev–Trinajstić information content (AvgIpc) is 2.56. The summed E-state index contributed by atoms with van der Waals surface area (Å²) in [5.74, 6) is 0. The molecule has 1 N–H and O–H groups in total. The lowest BCUT2D eigenvalue weighted by Crippen LogP contribution is -2.30. The average molecular weight is 369 g/mol. The zero-order valence-electron chi connectivity index (χ0n) is 13.4. The van der Waals surface area contributed by atoms with Gasteiger partial charge in [-0.15, -0.1) is 0 Å². The fourth-order valence-corrected chi connectivity index (χ4v) is 4.65. The van der Waals surface area contributed by atoms with Crippen LogP contribution in [0.4, 0.5) is 5.69 Å². The first-order chi connectivity index (χ1) is 11.3. The Hall–Kier alpha value is -1.97. The molecule has 7 nitrogen and oxygen atoms in total. The number of sulfonamides is 2. The number of nitrogens with one attached hydrogen (secondary N) is 1. The zero-order valence-corrected chi connectivity index (χ0v) is 15.0. The van der Waals surface area contributed by atoms with Gasteiger partial charge in [-0.05, 0) is 36.4 Å². The predicted octanol–water partition coefficient (Wildman–Crippen LogP) is 1.91. The number of aromatic nitrogens is 1. The molecule has 1 aromatic carbocycles. The Morgan fingerprint density at radius 1 is 0.875 bits per heavy atom. The lowest BCUT2D eigenvalue weighted by atomic mass is 10.4. The predicted molar refractivity (Wildman–Crippen MR) is 91.6 cm³/mol. The lowest BCUT2D eigenvalue weighted by Gasteiger charge is -2.18.